The van der Waals surface area contributed by atoms with Crippen molar-refractivity contribution < 1.29 is 4.79 Å². The van der Waals surface area contributed by atoms with Crippen LogP contribution in [0.25, 0.3) is 10.9 Å². The number of carbonyl (C=O) groups excluding carboxylic acids is 1. The highest BCUT2D eigenvalue weighted by molar-refractivity contribution is 6.30. The first-order valence-electron chi connectivity index (χ1n) is 7.37. The lowest BCUT2D eigenvalue weighted by Crippen LogP contribution is -2.17. The van der Waals surface area contributed by atoms with E-state index in [1.54, 1.807) is 30.5 Å². The van der Waals surface area contributed by atoms with E-state index in [1.165, 1.54) is 5.56 Å². The quantitative estimate of drug-likeness (QED) is 0.549. The molecule has 0 saturated carbocycles. The zero-order valence-corrected chi connectivity index (χ0v) is 13.4. The average Bonchev–Trinajstić information content (AvgIpc) is 2.98. The summed E-state index contributed by atoms with van der Waals surface area (Å²) in [7, 11) is 0. The zero-order valence-electron chi connectivity index (χ0n) is 12.6. The third kappa shape index (κ3) is 3.27. The van der Waals surface area contributed by atoms with Gasteiger partial charge in [-0.3, -0.25) is 4.79 Å². The molecule has 0 aliphatic carbocycles. The van der Waals surface area contributed by atoms with Crippen LogP contribution in [0.5, 0.6) is 0 Å². The Kier molecular flexibility index (Phi) is 4.44. The molecule has 1 heterocycles. The number of benzene rings is 2. The number of aromatic nitrogens is 1. The van der Waals surface area contributed by atoms with Crippen molar-refractivity contribution in [3.05, 3.63) is 70.4 Å². The minimum Gasteiger partial charge on any atom is -0.360 e. The van der Waals surface area contributed by atoms with Crippen molar-refractivity contribution in [3.63, 3.8) is 0 Å². The maximum atomic E-state index is 12.0. The number of nitrogens with zero attached hydrogens (tertiary/aromatic N) is 1. The maximum Gasteiger partial charge on any atom is 0.271 e. The summed E-state index contributed by atoms with van der Waals surface area (Å²) < 4.78 is 0. The molecule has 0 spiro atoms. The topological polar surface area (TPSA) is 57.2 Å². The Morgan fingerprint density at radius 3 is 2.78 bits per heavy atom. The number of hydrogen-bond donors (Lipinski definition) is 2. The Balaban J connectivity index is 1.76. The third-order valence-corrected chi connectivity index (χ3v) is 3.94. The SMILES string of the molecule is CCc1cccc2c(C=NNC(=O)c3ccc(Cl)cc3)c[nH]c12. The first kappa shape index (κ1) is 15.3. The number of nitrogens with one attached hydrogen (secondary N) is 2. The van der Waals surface area contributed by atoms with Crippen LogP contribution in [-0.4, -0.2) is 17.1 Å². The van der Waals surface area contributed by atoms with Crippen molar-refractivity contribution in [2.24, 2.45) is 5.10 Å². The molecule has 5 heteroatoms. The minimum atomic E-state index is -0.271. The van der Waals surface area contributed by atoms with Crippen LogP contribution in [0, 0.1) is 0 Å². The molecule has 0 unspecified atom stereocenters. The van der Waals surface area contributed by atoms with Crippen molar-refractivity contribution in [1.29, 1.82) is 0 Å². The molecule has 0 bridgehead atoms. The van der Waals surface area contributed by atoms with Crippen molar-refractivity contribution in [3.8, 4) is 0 Å². The highest BCUT2D eigenvalue weighted by atomic mass is 35.5. The van der Waals surface area contributed by atoms with Crippen LogP contribution in [0.2, 0.25) is 5.02 Å². The number of halogens is 1. The van der Waals surface area contributed by atoms with Crippen molar-refractivity contribution >= 4 is 34.6 Å². The highest BCUT2D eigenvalue weighted by Crippen LogP contribution is 2.20. The largest absolute Gasteiger partial charge is 0.360 e. The molecular formula is C18H16ClN3O. The predicted octanol–water partition coefficient (Wildman–Crippen LogP) is 4.15. The number of hydrazone groups is 1. The van der Waals surface area contributed by atoms with Gasteiger partial charge in [-0.25, -0.2) is 5.43 Å². The molecule has 0 aliphatic heterocycles. The molecule has 3 rings (SSSR count). The molecule has 2 aromatic carbocycles. The van der Waals surface area contributed by atoms with Crippen LogP contribution in [0.15, 0.2) is 53.8 Å². The fraction of sp³-hybridized carbons (Fsp3) is 0.111. The predicted molar refractivity (Wildman–Crippen MR) is 94.2 cm³/mol. The lowest BCUT2D eigenvalue weighted by molar-refractivity contribution is 0.0955. The second-order valence-corrected chi connectivity index (χ2v) is 5.58. The number of para-hydroxylation sites is 1. The second kappa shape index (κ2) is 6.67. The summed E-state index contributed by atoms with van der Waals surface area (Å²) in [5.74, 6) is -0.271. The summed E-state index contributed by atoms with van der Waals surface area (Å²) in [6, 6.07) is 12.8. The monoisotopic (exact) mass is 325 g/mol. The maximum absolute atomic E-state index is 12.0. The molecule has 1 amide bonds. The number of aryl methyl sites for hydroxylation is 1. The Hall–Kier alpha value is -2.59. The Morgan fingerprint density at radius 1 is 1.26 bits per heavy atom. The van der Waals surface area contributed by atoms with E-state index < -0.39 is 0 Å². The van der Waals surface area contributed by atoms with Gasteiger partial charge < -0.3 is 4.98 Å². The number of amides is 1. The molecule has 0 aliphatic rings. The fourth-order valence-corrected chi connectivity index (χ4v) is 2.59. The average molecular weight is 326 g/mol. The molecule has 0 radical (unpaired) electrons. The number of rotatable bonds is 4. The first-order chi connectivity index (χ1) is 11.2. The van der Waals surface area contributed by atoms with Gasteiger partial charge >= 0.3 is 0 Å². The van der Waals surface area contributed by atoms with Crippen LogP contribution >= 0.6 is 11.6 Å². The molecule has 23 heavy (non-hydrogen) atoms. The molecule has 116 valence electrons. The fourth-order valence-electron chi connectivity index (χ4n) is 2.47. The van der Waals surface area contributed by atoms with E-state index in [9.17, 15) is 4.79 Å². The molecule has 3 aromatic rings. The molecule has 0 atom stereocenters. The van der Waals surface area contributed by atoms with Crippen LogP contribution in [0.3, 0.4) is 0 Å². The van der Waals surface area contributed by atoms with E-state index in [0.717, 1.165) is 22.9 Å². The molecule has 4 nitrogen and oxygen atoms in total. The van der Waals surface area contributed by atoms with E-state index in [2.05, 4.69) is 28.5 Å². The van der Waals surface area contributed by atoms with Crippen LogP contribution in [-0.2, 0) is 6.42 Å². The van der Waals surface area contributed by atoms with Gasteiger partial charge in [0.25, 0.3) is 5.91 Å². The number of carbonyl (C=O) groups is 1. The number of hydrogen-bond acceptors (Lipinski definition) is 2. The molecule has 2 N–H and O–H groups in total. The number of aromatic amines is 1. The second-order valence-electron chi connectivity index (χ2n) is 5.14. The van der Waals surface area contributed by atoms with Gasteiger partial charge in [-0.05, 0) is 36.2 Å². The lowest BCUT2D eigenvalue weighted by atomic mass is 10.1. The standard InChI is InChI=1S/C18H16ClN3O/c1-2-12-4-3-5-16-14(10-20-17(12)16)11-21-22-18(23)13-6-8-15(19)9-7-13/h3-11,20H,2H2,1H3,(H,22,23). The summed E-state index contributed by atoms with van der Waals surface area (Å²) in [6.07, 6.45) is 4.50. The van der Waals surface area contributed by atoms with Gasteiger partial charge in [0.15, 0.2) is 0 Å². The van der Waals surface area contributed by atoms with Crippen LogP contribution in [0.1, 0.15) is 28.4 Å². The summed E-state index contributed by atoms with van der Waals surface area (Å²) >= 11 is 5.80. The smallest absolute Gasteiger partial charge is 0.271 e. The molecule has 1 aromatic heterocycles. The zero-order chi connectivity index (χ0) is 16.2. The number of H-pyrrole nitrogens is 1. The van der Waals surface area contributed by atoms with Gasteiger partial charge in [0.1, 0.15) is 0 Å². The summed E-state index contributed by atoms with van der Waals surface area (Å²) in [5.41, 5.74) is 6.34. The lowest BCUT2D eigenvalue weighted by Gasteiger charge is -2.00. The first-order valence-corrected chi connectivity index (χ1v) is 7.74. The third-order valence-electron chi connectivity index (χ3n) is 3.69. The van der Waals surface area contributed by atoms with Crippen molar-refractivity contribution in [2.75, 3.05) is 0 Å². The molecule has 0 fully saturated rings. The highest BCUT2D eigenvalue weighted by Gasteiger charge is 2.06. The van der Waals surface area contributed by atoms with E-state index in [-0.39, 0.29) is 5.91 Å². The van der Waals surface area contributed by atoms with E-state index in [4.69, 9.17) is 11.6 Å². The normalized spacial score (nSPS) is 11.2. The minimum absolute atomic E-state index is 0.271. The number of fused-ring (bicyclic) bond motifs is 1. The Morgan fingerprint density at radius 2 is 2.04 bits per heavy atom. The van der Waals surface area contributed by atoms with Gasteiger partial charge in [0.05, 0.1) is 6.21 Å². The van der Waals surface area contributed by atoms with Gasteiger partial charge in [-0.15, -0.1) is 0 Å². The summed E-state index contributed by atoms with van der Waals surface area (Å²) in [5, 5.41) is 5.73. The van der Waals surface area contributed by atoms with Crippen LogP contribution in [0.4, 0.5) is 0 Å². The van der Waals surface area contributed by atoms with E-state index in [1.807, 2.05) is 18.3 Å². The van der Waals surface area contributed by atoms with Gasteiger partial charge in [0, 0.05) is 33.2 Å². The molecular weight excluding hydrogens is 310 g/mol. The summed E-state index contributed by atoms with van der Waals surface area (Å²) in [4.78, 5) is 15.2. The van der Waals surface area contributed by atoms with Crippen molar-refractivity contribution in [2.45, 2.75) is 13.3 Å². The van der Waals surface area contributed by atoms with Crippen molar-refractivity contribution in [1.82, 2.24) is 10.4 Å². The Labute approximate surface area is 139 Å². The summed E-state index contributed by atoms with van der Waals surface area (Å²) in [6.45, 7) is 2.12. The van der Waals surface area contributed by atoms with Gasteiger partial charge in [-0.1, -0.05) is 36.7 Å². The van der Waals surface area contributed by atoms with E-state index >= 15 is 0 Å². The Bertz CT molecular complexity index is 866. The van der Waals surface area contributed by atoms with Gasteiger partial charge in [-0.2, -0.15) is 5.10 Å². The van der Waals surface area contributed by atoms with Gasteiger partial charge in [0.2, 0.25) is 0 Å². The van der Waals surface area contributed by atoms with E-state index in [0.29, 0.717) is 10.6 Å². The van der Waals surface area contributed by atoms with Crippen LogP contribution < -0.4 is 5.43 Å². The molecule has 0 saturated heterocycles.